The number of aliphatic hydroxyl groups excluding tert-OH is 6. The second-order valence-corrected chi connectivity index (χ2v) is 30.5. The Labute approximate surface area is 680 Å². The normalized spacial score (nSPS) is 26.5. The number of ether oxygens (including phenoxy) is 7. The van der Waals surface area contributed by atoms with Crippen LogP contribution in [0.1, 0.15) is 117 Å². The highest BCUT2D eigenvalue weighted by molar-refractivity contribution is 8.13. The van der Waals surface area contributed by atoms with Crippen molar-refractivity contribution in [2.45, 2.75) is 163 Å². The molecular formula is C77H86Cl2N10O27S. The van der Waals surface area contributed by atoms with Crippen LogP contribution in [0.5, 0.6) is 51.7 Å². The van der Waals surface area contributed by atoms with Gasteiger partial charge in [0.2, 0.25) is 59.3 Å². The molecule has 11 bridgehead atoms. The molecule has 0 radical (unpaired) electrons. The fourth-order valence-corrected chi connectivity index (χ4v) is 14.9. The van der Waals surface area contributed by atoms with Crippen LogP contribution in [0, 0.1) is 0 Å². The molecule has 2 saturated heterocycles. The standard InChI is InChI=1S/C77H86Cl2N10O27S/c1-32-69(103)77(3,83-29-34-7-4-8-40(19-34)110-17-6-18-117-33(2)91)28-56(111-32)115-68-66(102)65(101)52(31-90)114-76(68)116-67-50-23-38-24-51(67)113-49-15-12-37(22-44(49)79)64(100)62-75(109)88-60(71(105)82-30-55(97)98)42-25-39(92)26-47(94)57(42)41-20-35(10-13-46(41)93)58(72(106)89-62)87-73(107)59(38)86-70(104)45(27-53(81)95)84-74(108)61(85-54(96)9-5-16-80)63(99)36-11-14-48(112-50)43(78)21-36/h4,7-8,10-15,19-26,32,45,52,56,58-66,68-69,76,83,90,92-94,99-103H,5-6,9,16-18,27-31,80H2,1-3H3,(H2,81,95)(H,82,105)(H,84,108)(H,85,96)(H,86,104)(H,87,107)(H,88,109)(H,89,106)(H,97,98)/t32-,45-,52+,56-,58+,59+,60-,61+,62-,63+,64+,65+,66-,68+,69+,76-,77-/m0/s1. The van der Waals surface area contributed by atoms with Crippen LogP contribution in [0.3, 0.4) is 0 Å². The Morgan fingerprint density at radius 2 is 1.37 bits per heavy atom. The number of carbonyl (C=O) groups excluding carboxylic acids is 9. The van der Waals surface area contributed by atoms with Crippen molar-refractivity contribution in [3.05, 3.63) is 147 Å². The zero-order valence-electron chi connectivity index (χ0n) is 62.6. The Bertz CT molecular complexity index is 4800. The van der Waals surface area contributed by atoms with Gasteiger partial charge in [-0.1, -0.05) is 65.3 Å². The van der Waals surface area contributed by atoms with Crippen molar-refractivity contribution >= 4 is 93.3 Å². The summed E-state index contributed by atoms with van der Waals surface area (Å²) < 4.78 is 45.3. The van der Waals surface area contributed by atoms with E-state index in [0.29, 0.717) is 24.5 Å². The van der Waals surface area contributed by atoms with Crippen LogP contribution in [0.2, 0.25) is 10.0 Å². The first-order valence-electron chi connectivity index (χ1n) is 36.7. The molecule has 2 fully saturated rings. The van der Waals surface area contributed by atoms with Gasteiger partial charge >= 0.3 is 5.97 Å². The molecule has 7 aliphatic rings. The summed E-state index contributed by atoms with van der Waals surface area (Å²) in [4.78, 5) is 142. The Hall–Kier alpha value is -10.7. The molecule has 0 saturated carbocycles. The van der Waals surface area contributed by atoms with Crippen LogP contribution in [0.25, 0.3) is 11.1 Å². The summed E-state index contributed by atoms with van der Waals surface area (Å²) in [7, 11) is 0. The number of thioether (sulfide) groups is 1. The Kier molecular flexibility index (Phi) is 28.1. The monoisotopic (exact) mass is 1680 g/mol. The highest BCUT2D eigenvalue weighted by atomic mass is 35.5. The van der Waals surface area contributed by atoms with Gasteiger partial charge in [-0.2, -0.15) is 0 Å². The largest absolute Gasteiger partial charge is 0.508 e. The van der Waals surface area contributed by atoms with E-state index < -0.39 is 249 Å². The van der Waals surface area contributed by atoms with Crippen molar-refractivity contribution < 1.29 is 132 Å². The van der Waals surface area contributed by atoms with E-state index in [0.717, 1.165) is 72.3 Å². The van der Waals surface area contributed by atoms with Crippen molar-refractivity contribution in [2.24, 2.45) is 11.5 Å². The summed E-state index contributed by atoms with van der Waals surface area (Å²) in [5.74, 6) is -16.3. The van der Waals surface area contributed by atoms with Crippen molar-refractivity contribution in [2.75, 3.05) is 32.1 Å². The van der Waals surface area contributed by atoms with Crippen LogP contribution >= 0.6 is 35.0 Å². The van der Waals surface area contributed by atoms with Crippen LogP contribution in [0.4, 0.5) is 0 Å². The van der Waals surface area contributed by atoms with Gasteiger partial charge in [0.05, 0.1) is 41.9 Å². The fraction of sp³-hybridized carbons (Fsp3) is 0.403. The molecule has 6 aromatic rings. The SMILES string of the molecule is CC(=O)SCCCOc1cccc(CN[C@@]2(C)C[C@H](O[C@H]3[C@H](Oc4c5cc6cc4Oc4ccc(cc4Cl)[C@@H](O)[C@@H](NC(=O)CCCN)C(=O)N[C@@H](CC(N)=O)C(=O)N[C@H]6C(=O)N[C@H]4C(=O)N[C@H](C(=O)N[C@H](C(=O)NCC(=O)O)c6cc(O)cc(O)c6-c6cc4ccc6O)[C@H](O)c4ccc(c(Cl)c4)O5)O[C@H](CO)[C@@H](O)[C@@H]3O)O[C@@H](C)[C@H]2O)c1. The van der Waals surface area contributed by atoms with E-state index in [9.17, 15) is 79.8 Å². The average molecular weight is 1690 g/mol. The first kappa shape index (κ1) is 87.2. The Morgan fingerprint density at radius 1 is 0.709 bits per heavy atom. The lowest BCUT2D eigenvalue weighted by atomic mass is 9.84. The van der Waals surface area contributed by atoms with E-state index in [1.165, 1.54) is 30.8 Å². The van der Waals surface area contributed by atoms with E-state index >= 15 is 19.2 Å². The molecule has 6 aromatic carbocycles. The number of phenolic OH excluding ortho intramolecular Hbond substituents is 3. The second-order valence-electron chi connectivity index (χ2n) is 28.4. The van der Waals surface area contributed by atoms with Gasteiger partial charge < -0.3 is 138 Å². The first-order chi connectivity index (χ1) is 55.6. The molecule has 0 unspecified atom stereocenters. The molecule has 8 amide bonds. The summed E-state index contributed by atoms with van der Waals surface area (Å²) >= 11 is 15.4. The predicted octanol–water partition coefficient (Wildman–Crippen LogP) is 1.21. The van der Waals surface area contributed by atoms with Gasteiger partial charge in [0.15, 0.2) is 29.0 Å². The third kappa shape index (κ3) is 20.5. The molecule has 40 heteroatoms. The van der Waals surface area contributed by atoms with Gasteiger partial charge in [0.25, 0.3) is 0 Å². The summed E-state index contributed by atoms with van der Waals surface area (Å²) in [5, 5.41) is 135. The van der Waals surface area contributed by atoms with Gasteiger partial charge in [-0.15, -0.1) is 0 Å². The van der Waals surface area contributed by atoms with E-state index in [-0.39, 0.29) is 59.4 Å². The number of aliphatic hydroxyl groups is 6. The zero-order chi connectivity index (χ0) is 84.6. The zero-order valence-corrected chi connectivity index (χ0v) is 64.9. The highest BCUT2D eigenvalue weighted by Crippen LogP contribution is 2.50. The van der Waals surface area contributed by atoms with Gasteiger partial charge in [-0.3, -0.25) is 47.9 Å². The summed E-state index contributed by atoms with van der Waals surface area (Å²) in [5.41, 5.74) is 7.89. The highest BCUT2D eigenvalue weighted by Gasteiger charge is 2.52. The van der Waals surface area contributed by atoms with Crippen molar-refractivity contribution in [3.8, 4) is 62.9 Å². The lowest BCUT2D eigenvalue weighted by Gasteiger charge is -2.48. The van der Waals surface area contributed by atoms with Crippen LogP contribution in [-0.4, -0.2) is 214 Å². The topological polar surface area (TPSA) is 586 Å². The van der Waals surface area contributed by atoms with E-state index in [1.54, 1.807) is 32.0 Å². The Balaban J connectivity index is 1.10. The van der Waals surface area contributed by atoms with Gasteiger partial charge in [-0.25, -0.2) is 0 Å². The molecule has 0 spiro atoms. The number of aromatic hydroxyl groups is 3. The van der Waals surface area contributed by atoms with E-state index in [4.69, 9.17) is 67.8 Å². The molecule has 626 valence electrons. The lowest BCUT2D eigenvalue weighted by molar-refractivity contribution is -0.334. The van der Waals surface area contributed by atoms with Gasteiger partial charge in [-0.05, 0) is 133 Å². The van der Waals surface area contributed by atoms with Crippen molar-refractivity contribution in [1.82, 2.24) is 42.5 Å². The number of halogens is 2. The molecule has 37 nitrogen and oxygen atoms in total. The number of amides is 8. The van der Waals surface area contributed by atoms with Crippen LogP contribution in [-0.2, 0) is 68.7 Å². The molecule has 0 aliphatic carbocycles. The van der Waals surface area contributed by atoms with Gasteiger partial charge in [0, 0.05) is 54.8 Å². The van der Waals surface area contributed by atoms with Crippen LogP contribution < -0.4 is 72.9 Å². The number of hydrogen-bond acceptors (Lipinski definition) is 29. The van der Waals surface area contributed by atoms with E-state index in [1.807, 2.05) is 6.07 Å². The number of fused-ring (bicyclic) bond motifs is 15. The maximum atomic E-state index is 16.2. The number of hydrogen-bond donors (Lipinski definition) is 20. The van der Waals surface area contributed by atoms with Crippen molar-refractivity contribution in [3.63, 3.8) is 0 Å². The minimum absolute atomic E-state index is 0.00645. The number of aliphatic carboxylic acids is 1. The molecule has 17 atom stereocenters. The molecule has 7 heterocycles. The minimum atomic E-state index is -2.39. The Morgan fingerprint density at radius 3 is 2.02 bits per heavy atom. The summed E-state index contributed by atoms with van der Waals surface area (Å²) in [6, 6.07) is 7.17. The van der Waals surface area contributed by atoms with Gasteiger partial charge in [0.1, 0.15) is 108 Å². The second kappa shape index (κ2) is 37.7. The predicted molar refractivity (Wildman–Crippen MR) is 411 cm³/mol. The molecule has 117 heavy (non-hydrogen) atoms. The fourth-order valence-electron chi connectivity index (χ4n) is 13.9. The summed E-state index contributed by atoms with van der Waals surface area (Å²) in [6.45, 7) is 3.09. The molecule has 7 aliphatic heterocycles. The molecule has 22 N–H and O–H groups in total. The lowest BCUT2D eigenvalue weighted by Crippen LogP contribution is -2.65. The van der Waals surface area contributed by atoms with Crippen molar-refractivity contribution in [1.29, 1.82) is 0 Å². The smallest absolute Gasteiger partial charge is 0.322 e. The maximum absolute atomic E-state index is 16.2. The number of carbonyl (C=O) groups is 10. The minimum Gasteiger partial charge on any atom is -0.508 e. The van der Waals surface area contributed by atoms with Crippen LogP contribution in [0.15, 0.2) is 103 Å². The maximum Gasteiger partial charge on any atom is 0.322 e. The molecule has 13 rings (SSSR count). The quantitative estimate of drug-likeness (QED) is 0.0425. The third-order valence-corrected chi connectivity index (χ3v) is 21.4. The third-order valence-electron chi connectivity index (χ3n) is 19.9. The number of nitrogens with one attached hydrogen (secondary N) is 8. The average Bonchev–Trinajstić information content (AvgIpc) is 0.766. The number of nitrogens with two attached hydrogens (primary N) is 2. The number of carboxylic acid groups (broad SMARTS) is 1. The number of phenols is 3. The number of benzene rings is 6. The first-order valence-corrected chi connectivity index (χ1v) is 38.4. The number of carboxylic acids is 1. The molecule has 0 aromatic heterocycles. The van der Waals surface area contributed by atoms with E-state index in [2.05, 4.69) is 42.5 Å². The number of rotatable bonds is 22. The summed E-state index contributed by atoms with van der Waals surface area (Å²) in [6.07, 6.45) is -18.8. The number of primary amides is 1. The molecular weight excluding hydrogens is 1600 g/mol.